The van der Waals surface area contributed by atoms with Gasteiger partial charge in [-0.1, -0.05) is 45.3 Å². The Labute approximate surface area is 83.6 Å². The van der Waals surface area contributed by atoms with Gasteiger partial charge in [-0.2, -0.15) is 0 Å². The van der Waals surface area contributed by atoms with Gasteiger partial charge in [0, 0.05) is 12.6 Å². The van der Waals surface area contributed by atoms with Crippen LogP contribution in [0.25, 0.3) is 0 Å². The van der Waals surface area contributed by atoms with E-state index < -0.39 is 0 Å². The molecule has 0 aromatic carbocycles. The molecule has 0 aromatic heterocycles. The monoisotopic (exact) mass is 183 g/mol. The number of hydrogen-bond donors (Lipinski definition) is 1. The molecule has 0 saturated heterocycles. The van der Waals surface area contributed by atoms with Gasteiger partial charge in [0.05, 0.1) is 0 Å². The van der Waals surface area contributed by atoms with Crippen LogP contribution in [0.4, 0.5) is 0 Å². The lowest BCUT2D eigenvalue weighted by Crippen LogP contribution is -2.30. The number of rotatable bonds is 8. The molecule has 0 saturated carbocycles. The maximum absolute atomic E-state index is 3.90. The number of nitrogens with one attached hydrogen (secondary N) is 1. The lowest BCUT2D eigenvalue weighted by Gasteiger charge is -2.17. The molecule has 0 aromatic rings. The highest BCUT2D eigenvalue weighted by Crippen LogP contribution is 2.06. The van der Waals surface area contributed by atoms with Crippen molar-refractivity contribution in [1.29, 1.82) is 0 Å². The maximum Gasteiger partial charge on any atom is 0.0161 e. The zero-order valence-corrected chi connectivity index (χ0v) is 9.53. The molecule has 0 aliphatic rings. The van der Waals surface area contributed by atoms with Crippen molar-refractivity contribution < 1.29 is 0 Å². The Bertz CT molecular complexity index is 129. The van der Waals surface area contributed by atoms with Crippen molar-refractivity contribution >= 4 is 0 Å². The summed E-state index contributed by atoms with van der Waals surface area (Å²) < 4.78 is 0. The third-order valence-electron chi connectivity index (χ3n) is 2.24. The molecule has 0 fully saturated rings. The molecule has 1 unspecified atom stereocenters. The topological polar surface area (TPSA) is 12.0 Å². The minimum Gasteiger partial charge on any atom is -0.310 e. The molecule has 0 heterocycles. The van der Waals surface area contributed by atoms with E-state index in [1.165, 1.54) is 37.7 Å². The van der Waals surface area contributed by atoms with Gasteiger partial charge in [-0.15, -0.1) is 0 Å². The van der Waals surface area contributed by atoms with Crippen molar-refractivity contribution in [3.05, 3.63) is 12.2 Å². The van der Waals surface area contributed by atoms with Crippen molar-refractivity contribution in [2.45, 2.75) is 58.9 Å². The summed E-state index contributed by atoms with van der Waals surface area (Å²) in [7, 11) is 0. The third-order valence-corrected chi connectivity index (χ3v) is 2.24. The predicted octanol–water partition coefficient (Wildman–Crippen LogP) is 3.51. The molecule has 0 radical (unpaired) electrons. The average Bonchev–Trinajstić information content (AvgIpc) is 2.09. The Morgan fingerprint density at radius 1 is 1.23 bits per heavy atom. The molecular formula is C12H25N. The molecule has 78 valence electrons. The minimum absolute atomic E-state index is 0.710. The first-order valence-corrected chi connectivity index (χ1v) is 5.58. The highest BCUT2D eigenvalue weighted by molar-refractivity contribution is 4.91. The lowest BCUT2D eigenvalue weighted by atomic mass is 10.1. The lowest BCUT2D eigenvalue weighted by molar-refractivity contribution is 0.449. The summed E-state index contributed by atoms with van der Waals surface area (Å²) in [4.78, 5) is 0. The molecule has 0 amide bonds. The second-order valence-electron chi connectivity index (χ2n) is 3.97. The standard InChI is InChI=1S/C12H25N/c1-5-7-9-12(8-6-2)13-10-11(3)4/h12-13H,3,5-10H2,1-2,4H3. The molecule has 1 heteroatoms. The summed E-state index contributed by atoms with van der Waals surface area (Å²) in [6.07, 6.45) is 6.53. The third kappa shape index (κ3) is 8.04. The Morgan fingerprint density at radius 3 is 2.38 bits per heavy atom. The van der Waals surface area contributed by atoms with Crippen LogP contribution < -0.4 is 5.32 Å². The van der Waals surface area contributed by atoms with E-state index in [-0.39, 0.29) is 0 Å². The fraction of sp³-hybridized carbons (Fsp3) is 0.833. The fourth-order valence-corrected chi connectivity index (χ4v) is 1.47. The summed E-state index contributed by atoms with van der Waals surface area (Å²) in [5.41, 5.74) is 1.23. The van der Waals surface area contributed by atoms with Gasteiger partial charge in [-0.05, 0) is 19.8 Å². The van der Waals surface area contributed by atoms with Crippen molar-refractivity contribution in [1.82, 2.24) is 5.32 Å². The van der Waals surface area contributed by atoms with E-state index in [1.807, 2.05) is 0 Å². The zero-order chi connectivity index (χ0) is 10.1. The van der Waals surface area contributed by atoms with Gasteiger partial charge < -0.3 is 5.32 Å². The highest BCUT2D eigenvalue weighted by Gasteiger charge is 2.05. The van der Waals surface area contributed by atoms with E-state index in [9.17, 15) is 0 Å². The van der Waals surface area contributed by atoms with Crippen LogP contribution in [0.5, 0.6) is 0 Å². The first-order valence-electron chi connectivity index (χ1n) is 5.58. The molecule has 1 nitrogen and oxygen atoms in total. The average molecular weight is 183 g/mol. The van der Waals surface area contributed by atoms with E-state index in [0.717, 1.165) is 6.54 Å². The Hall–Kier alpha value is -0.300. The Balaban J connectivity index is 3.59. The van der Waals surface area contributed by atoms with Gasteiger partial charge in [0.1, 0.15) is 0 Å². The van der Waals surface area contributed by atoms with Gasteiger partial charge >= 0.3 is 0 Å². The molecular weight excluding hydrogens is 158 g/mol. The van der Waals surface area contributed by atoms with Gasteiger partial charge in [0.2, 0.25) is 0 Å². The summed E-state index contributed by atoms with van der Waals surface area (Å²) in [6, 6.07) is 0.710. The van der Waals surface area contributed by atoms with Gasteiger partial charge in [-0.3, -0.25) is 0 Å². The summed E-state index contributed by atoms with van der Waals surface area (Å²) in [5.74, 6) is 0. The van der Waals surface area contributed by atoms with Crippen LogP contribution in [0.2, 0.25) is 0 Å². The summed E-state index contributed by atoms with van der Waals surface area (Å²) in [5, 5.41) is 3.56. The quantitative estimate of drug-likeness (QED) is 0.568. The van der Waals surface area contributed by atoms with E-state index in [2.05, 4.69) is 32.7 Å². The fourth-order valence-electron chi connectivity index (χ4n) is 1.47. The van der Waals surface area contributed by atoms with E-state index >= 15 is 0 Å². The smallest absolute Gasteiger partial charge is 0.0161 e. The predicted molar refractivity (Wildman–Crippen MR) is 61.0 cm³/mol. The second kappa shape index (κ2) is 8.31. The van der Waals surface area contributed by atoms with Crippen molar-refractivity contribution in [2.24, 2.45) is 0 Å². The van der Waals surface area contributed by atoms with E-state index in [0.29, 0.717) is 6.04 Å². The van der Waals surface area contributed by atoms with Crippen LogP contribution in [0.1, 0.15) is 52.9 Å². The number of hydrogen-bond acceptors (Lipinski definition) is 1. The first kappa shape index (κ1) is 12.7. The Morgan fingerprint density at radius 2 is 1.92 bits per heavy atom. The van der Waals surface area contributed by atoms with Gasteiger partial charge in [-0.25, -0.2) is 0 Å². The second-order valence-corrected chi connectivity index (χ2v) is 3.97. The van der Waals surface area contributed by atoms with Crippen molar-refractivity contribution in [3.8, 4) is 0 Å². The molecule has 0 aliphatic carbocycles. The normalized spacial score (nSPS) is 12.8. The van der Waals surface area contributed by atoms with Crippen LogP contribution >= 0.6 is 0 Å². The molecule has 0 spiro atoms. The summed E-state index contributed by atoms with van der Waals surface area (Å²) in [6.45, 7) is 11.5. The number of unbranched alkanes of at least 4 members (excludes halogenated alkanes) is 1. The molecule has 1 N–H and O–H groups in total. The van der Waals surface area contributed by atoms with Crippen LogP contribution in [0.15, 0.2) is 12.2 Å². The molecule has 0 rings (SSSR count). The largest absolute Gasteiger partial charge is 0.310 e. The van der Waals surface area contributed by atoms with Gasteiger partial charge in [0.25, 0.3) is 0 Å². The first-order chi connectivity index (χ1) is 6.20. The highest BCUT2D eigenvalue weighted by atomic mass is 14.9. The molecule has 1 atom stereocenters. The van der Waals surface area contributed by atoms with E-state index in [4.69, 9.17) is 0 Å². The molecule has 13 heavy (non-hydrogen) atoms. The molecule has 0 aliphatic heterocycles. The van der Waals surface area contributed by atoms with Crippen LogP contribution in [0, 0.1) is 0 Å². The van der Waals surface area contributed by atoms with Crippen molar-refractivity contribution in [2.75, 3.05) is 6.54 Å². The maximum atomic E-state index is 3.90. The molecule has 0 bridgehead atoms. The Kier molecular flexibility index (Phi) is 8.11. The van der Waals surface area contributed by atoms with Gasteiger partial charge in [0.15, 0.2) is 0 Å². The van der Waals surface area contributed by atoms with E-state index in [1.54, 1.807) is 0 Å². The SMILES string of the molecule is C=C(C)CNC(CCC)CCCC. The van der Waals surface area contributed by atoms with Crippen LogP contribution in [-0.2, 0) is 0 Å². The summed E-state index contributed by atoms with van der Waals surface area (Å²) >= 11 is 0. The minimum atomic E-state index is 0.710. The zero-order valence-electron chi connectivity index (χ0n) is 9.53. The van der Waals surface area contributed by atoms with Crippen LogP contribution in [0.3, 0.4) is 0 Å². The van der Waals surface area contributed by atoms with Crippen LogP contribution in [-0.4, -0.2) is 12.6 Å². The van der Waals surface area contributed by atoms with Crippen molar-refractivity contribution in [3.63, 3.8) is 0 Å².